The second-order valence-corrected chi connectivity index (χ2v) is 11.6. The monoisotopic (exact) mass is 704 g/mol. The summed E-state index contributed by atoms with van der Waals surface area (Å²) >= 11 is 0. The molecule has 17 nitrogen and oxygen atoms in total. The molecule has 2 saturated heterocycles. The fraction of sp³-hybridized carbons (Fsp3) is 0.455. The molecule has 17 heteroatoms. The van der Waals surface area contributed by atoms with E-state index in [4.69, 9.17) is 37.6 Å². The van der Waals surface area contributed by atoms with Crippen LogP contribution in [0.3, 0.4) is 0 Å². The Morgan fingerprint density at radius 2 is 1.52 bits per heavy atom. The summed E-state index contributed by atoms with van der Waals surface area (Å²) in [6.45, 7) is 2.37. The number of aromatic hydroxyl groups is 1. The van der Waals surface area contributed by atoms with E-state index >= 15 is 0 Å². The van der Waals surface area contributed by atoms with E-state index in [1.165, 1.54) is 37.4 Å². The van der Waals surface area contributed by atoms with Crippen LogP contribution < -0.4 is 14.9 Å². The Bertz CT molecular complexity index is 1780. The number of methoxy groups -OCH3 is 1. The van der Waals surface area contributed by atoms with Crippen LogP contribution in [0.1, 0.15) is 32.4 Å². The molecule has 2 aliphatic rings. The topological polar surface area (TPSA) is 247 Å². The Morgan fingerprint density at radius 1 is 0.880 bits per heavy atom. The van der Waals surface area contributed by atoms with E-state index in [1.54, 1.807) is 0 Å². The van der Waals surface area contributed by atoms with Gasteiger partial charge in [0.15, 0.2) is 23.7 Å². The lowest BCUT2D eigenvalue weighted by atomic mass is 9.91. The van der Waals surface area contributed by atoms with Gasteiger partial charge in [-0.3, -0.25) is 19.2 Å². The van der Waals surface area contributed by atoms with Gasteiger partial charge < -0.3 is 63.1 Å². The van der Waals surface area contributed by atoms with Crippen LogP contribution in [-0.2, 0) is 38.1 Å². The van der Waals surface area contributed by atoms with Gasteiger partial charge in [-0.1, -0.05) is 0 Å². The highest BCUT2D eigenvalue weighted by atomic mass is 16.7. The van der Waals surface area contributed by atoms with Gasteiger partial charge in [0.05, 0.1) is 25.9 Å². The number of aliphatic hydroxyl groups is 4. The van der Waals surface area contributed by atoms with Gasteiger partial charge in [0, 0.05) is 38.5 Å². The van der Waals surface area contributed by atoms with E-state index in [-0.39, 0.29) is 40.4 Å². The van der Waals surface area contributed by atoms with Crippen LogP contribution in [0.5, 0.6) is 17.2 Å². The number of fused-ring (bicyclic) bond motifs is 1. The number of esters is 3. The smallest absolute Gasteiger partial charge is 0.303 e. The minimum atomic E-state index is -1.63. The van der Waals surface area contributed by atoms with Gasteiger partial charge in [-0.15, -0.1) is 0 Å². The van der Waals surface area contributed by atoms with E-state index in [0.717, 1.165) is 26.8 Å². The molecule has 0 spiro atoms. The first-order valence-corrected chi connectivity index (χ1v) is 15.3. The number of rotatable bonds is 9. The third-order valence-corrected chi connectivity index (χ3v) is 8.07. The van der Waals surface area contributed by atoms with Gasteiger partial charge in [0.25, 0.3) is 0 Å². The maximum Gasteiger partial charge on any atom is 0.303 e. The standard InChI is InChI=1S/C33H36O17/c1-13(35)45-23-12-44-31(32(47-15(3)37)29(23)46-14(2)36)25-19(39)10-21-24(30(25)43-4)18(38)9-20(49-21)16-5-7-17(8-6-16)48-33-28(42)27(41)26(40)22(11-34)50-33/h5-10,22-23,26-29,31-34,39-42H,11-12H2,1-4H3/t22-,23+,26+,27+,28+,29+,31-,32+,33+/m0/s1. The summed E-state index contributed by atoms with van der Waals surface area (Å²) < 4.78 is 44.6. The SMILES string of the molecule is COc1c([C@@H]2OC[C@@H](OC(C)=O)[C@@H](OC(C)=O)[C@H]2OC(C)=O)c(O)cc2oc(-c3ccc(O[C@@H]4O[C@@H](CO)[C@@H](O)[C@@H](O)[C@H]4O)cc3)cc(=O)c12. The lowest BCUT2D eigenvalue weighted by molar-refractivity contribution is -0.277. The molecular weight excluding hydrogens is 668 g/mol. The van der Waals surface area contributed by atoms with Crippen molar-refractivity contribution in [1.29, 1.82) is 0 Å². The first kappa shape index (κ1) is 36.5. The molecule has 0 bridgehead atoms. The molecule has 270 valence electrons. The summed E-state index contributed by atoms with van der Waals surface area (Å²) in [5.74, 6) is -2.74. The van der Waals surface area contributed by atoms with Crippen molar-refractivity contribution in [2.45, 2.75) is 75.9 Å². The zero-order chi connectivity index (χ0) is 36.4. The second kappa shape index (κ2) is 15.0. The third kappa shape index (κ3) is 7.37. The molecule has 3 aromatic rings. The number of hydrogen-bond donors (Lipinski definition) is 5. The molecule has 0 radical (unpaired) electrons. The number of aliphatic hydroxyl groups excluding tert-OH is 4. The van der Waals surface area contributed by atoms with Crippen molar-refractivity contribution in [3.05, 3.63) is 52.2 Å². The molecule has 0 saturated carbocycles. The van der Waals surface area contributed by atoms with Gasteiger partial charge in [-0.25, -0.2) is 0 Å². The highest BCUT2D eigenvalue weighted by Gasteiger charge is 2.49. The lowest BCUT2D eigenvalue weighted by Crippen LogP contribution is -2.60. The molecule has 3 heterocycles. The van der Waals surface area contributed by atoms with E-state index in [2.05, 4.69) is 0 Å². The number of phenolic OH excluding ortho intramolecular Hbond substituents is 1. The maximum absolute atomic E-state index is 13.6. The quantitative estimate of drug-likeness (QED) is 0.148. The number of carbonyl (C=O) groups excluding carboxylic acids is 3. The zero-order valence-electron chi connectivity index (χ0n) is 27.2. The summed E-state index contributed by atoms with van der Waals surface area (Å²) in [5, 5.41) is 50.9. The van der Waals surface area contributed by atoms with Crippen LogP contribution in [0.2, 0.25) is 0 Å². The Hall–Kier alpha value is -4.78. The minimum Gasteiger partial charge on any atom is -0.507 e. The number of ether oxygens (including phenoxy) is 7. The molecule has 0 amide bonds. The number of hydrogen-bond acceptors (Lipinski definition) is 17. The molecule has 9 atom stereocenters. The molecule has 0 aliphatic carbocycles. The predicted molar refractivity (Wildman–Crippen MR) is 166 cm³/mol. The highest BCUT2D eigenvalue weighted by Crippen LogP contribution is 2.46. The van der Waals surface area contributed by atoms with Crippen LogP contribution >= 0.6 is 0 Å². The maximum atomic E-state index is 13.6. The van der Waals surface area contributed by atoms with Crippen molar-refractivity contribution in [1.82, 2.24) is 0 Å². The Labute approximate surface area is 283 Å². The zero-order valence-corrected chi connectivity index (χ0v) is 27.2. The molecule has 2 fully saturated rings. The molecule has 0 unspecified atom stereocenters. The largest absolute Gasteiger partial charge is 0.507 e. The fourth-order valence-electron chi connectivity index (χ4n) is 5.90. The Morgan fingerprint density at radius 3 is 2.12 bits per heavy atom. The van der Waals surface area contributed by atoms with E-state index in [9.17, 15) is 44.7 Å². The first-order chi connectivity index (χ1) is 23.7. The number of phenols is 1. The van der Waals surface area contributed by atoms with Crippen LogP contribution in [0.15, 0.2) is 45.6 Å². The average Bonchev–Trinajstić information content (AvgIpc) is 3.05. The molecule has 2 aromatic carbocycles. The summed E-state index contributed by atoms with van der Waals surface area (Å²) in [5.41, 5.74) is -0.435. The van der Waals surface area contributed by atoms with Gasteiger partial charge in [0.1, 0.15) is 64.5 Å². The number of carbonyl (C=O) groups is 3. The highest BCUT2D eigenvalue weighted by molar-refractivity contribution is 5.88. The van der Waals surface area contributed by atoms with Gasteiger partial charge >= 0.3 is 17.9 Å². The average molecular weight is 705 g/mol. The van der Waals surface area contributed by atoms with Crippen LogP contribution in [0, 0.1) is 0 Å². The summed E-state index contributed by atoms with van der Waals surface area (Å²) in [6.07, 6.45) is -12.7. The van der Waals surface area contributed by atoms with Crippen LogP contribution in [0.25, 0.3) is 22.3 Å². The molecule has 2 aliphatic heterocycles. The molecule has 5 N–H and O–H groups in total. The van der Waals surface area contributed by atoms with Crippen molar-refractivity contribution < 1.29 is 77.5 Å². The molecule has 50 heavy (non-hydrogen) atoms. The summed E-state index contributed by atoms with van der Waals surface area (Å²) in [6, 6.07) is 8.26. The normalized spacial score (nSPS) is 28.0. The van der Waals surface area contributed by atoms with Gasteiger partial charge in [-0.05, 0) is 24.3 Å². The Balaban J connectivity index is 1.49. The molecular formula is C33H36O17. The van der Waals surface area contributed by atoms with E-state index in [1.807, 2.05) is 0 Å². The minimum absolute atomic E-state index is 0.0712. The summed E-state index contributed by atoms with van der Waals surface area (Å²) in [7, 11) is 1.23. The van der Waals surface area contributed by atoms with E-state index in [0.29, 0.717) is 5.56 Å². The van der Waals surface area contributed by atoms with Gasteiger partial charge in [0.2, 0.25) is 6.29 Å². The first-order valence-electron chi connectivity index (χ1n) is 15.3. The van der Waals surface area contributed by atoms with E-state index < -0.39 is 90.8 Å². The van der Waals surface area contributed by atoms with Crippen molar-refractivity contribution >= 4 is 28.9 Å². The fourth-order valence-corrected chi connectivity index (χ4v) is 5.90. The Kier molecular flexibility index (Phi) is 10.9. The van der Waals surface area contributed by atoms with Crippen molar-refractivity contribution in [2.24, 2.45) is 0 Å². The second-order valence-electron chi connectivity index (χ2n) is 11.6. The third-order valence-electron chi connectivity index (χ3n) is 8.07. The van der Waals surface area contributed by atoms with Gasteiger partial charge in [-0.2, -0.15) is 0 Å². The number of benzene rings is 2. The lowest BCUT2D eigenvalue weighted by Gasteiger charge is -2.41. The van der Waals surface area contributed by atoms with Crippen molar-refractivity contribution in [3.63, 3.8) is 0 Å². The van der Waals surface area contributed by atoms with Crippen molar-refractivity contribution in [2.75, 3.05) is 20.3 Å². The predicted octanol–water partition coefficient (Wildman–Crippen LogP) is 0.219. The van der Waals surface area contributed by atoms with Crippen LogP contribution in [0.4, 0.5) is 0 Å². The molecule has 1 aromatic heterocycles. The van der Waals surface area contributed by atoms with Crippen LogP contribution in [-0.4, -0.2) is 113 Å². The summed E-state index contributed by atoms with van der Waals surface area (Å²) in [4.78, 5) is 49.6. The van der Waals surface area contributed by atoms with Crippen molar-refractivity contribution in [3.8, 4) is 28.6 Å². The molecule has 5 rings (SSSR count).